The molecule has 2 N–H and O–H groups in total. The first-order valence-corrected chi connectivity index (χ1v) is 6.60. The molecule has 0 radical (unpaired) electrons. The van der Waals surface area contributed by atoms with E-state index >= 15 is 0 Å². The molecule has 4 heteroatoms. The molecule has 0 saturated heterocycles. The number of aromatic nitrogens is 1. The number of hydrogen-bond donors (Lipinski definition) is 2. The third-order valence-corrected chi connectivity index (χ3v) is 3.17. The highest BCUT2D eigenvalue weighted by Gasteiger charge is 2.07. The average molecular weight is 271 g/mol. The zero-order valence-electron chi connectivity index (χ0n) is 11.1. The van der Waals surface area contributed by atoms with Crippen LogP contribution < -0.4 is 10.6 Å². The number of hydrogen-bond acceptors (Lipinski definition) is 2. The van der Waals surface area contributed by atoms with Crippen molar-refractivity contribution in [1.29, 1.82) is 0 Å². The Labute approximate surface area is 119 Å². The third kappa shape index (κ3) is 3.76. The zero-order chi connectivity index (χ0) is 13.7. The van der Waals surface area contributed by atoms with E-state index < -0.39 is 0 Å². The topological polar surface area (TPSA) is 37.0 Å². The van der Waals surface area contributed by atoms with Gasteiger partial charge in [-0.3, -0.25) is 4.98 Å². The number of pyridine rings is 1. The number of aryl methyl sites for hydroxylation is 1. The van der Waals surface area contributed by atoms with Crippen molar-refractivity contribution in [2.45, 2.75) is 19.9 Å². The van der Waals surface area contributed by atoms with E-state index in [2.05, 4.69) is 35.5 Å². The van der Waals surface area contributed by atoms with Crippen LogP contribution in [-0.4, -0.2) is 10.1 Å². The minimum Gasteiger partial charge on any atom is -0.356 e. The molecule has 0 spiro atoms. The SMILES string of the molecule is Cc1ccccc1NC(=S)NC(C)c1ccncc1. The molecule has 1 heterocycles. The molecular weight excluding hydrogens is 254 g/mol. The Morgan fingerprint density at radius 2 is 1.84 bits per heavy atom. The average Bonchev–Trinajstić information content (AvgIpc) is 2.42. The van der Waals surface area contributed by atoms with Gasteiger partial charge in [0.05, 0.1) is 6.04 Å². The fourth-order valence-corrected chi connectivity index (χ4v) is 2.09. The number of rotatable bonds is 3. The van der Waals surface area contributed by atoms with E-state index in [9.17, 15) is 0 Å². The van der Waals surface area contributed by atoms with Gasteiger partial charge in [-0.1, -0.05) is 18.2 Å². The van der Waals surface area contributed by atoms with Crippen molar-refractivity contribution in [3.63, 3.8) is 0 Å². The number of thiocarbonyl (C=S) groups is 1. The molecule has 0 saturated carbocycles. The summed E-state index contributed by atoms with van der Waals surface area (Å²) in [5.74, 6) is 0. The summed E-state index contributed by atoms with van der Waals surface area (Å²) in [6, 6.07) is 12.2. The summed E-state index contributed by atoms with van der Waals surface area (Å²) in [4.78, 5) is 4.01. The van der Waals surface area contributed by atoms with Crippen molar-refractivity contribution in [2.75, 3.05) is 5.32 Å². The van der Waals surface area contributed by atoms with Gasteiger partial charge in [0.25, 0.3) is 0 Å². The number of anilines is 1. The molecule has 0 amide bonds. The summed E-state index contributed by atoms with van der Waals surface area (Å²) >= 11 is 5.33. The van der Waals surface area contributed by atoms with E-state index in [1.807, 2.05) is 30.3 Å². The maximum atomic E-state index is 5.33. The highest BCUT2D eigenvalue weighted by molar-refractivity contribution is 7.80. The fourth-order valence-electron chi connectivity index (χ4n) is 1.80. The lowest BCUT2D eigenvalue weighted by Crippen LogP contribution is -2.31. The van der Waals surface area contributed by atoms with Crippen LogP contribution in [0.2, 0.25) is 0 Å². The second-order valence-corrected chi connectivity index (χ2v) is 4.82. The van der Waals surface area contributed by atoms with Crippen molar-refractivity contribution in [3.8, 4) is 0 Å². The quantitative estimate of drug-likeness (QED) is 0.839. The summed E-state index contributed by atoms with van der Waals surface area (Å²) in [7, 11) is 0. The van der Waals surface area contributed by atoms with Crippen LogP contribution in [0.15, 0.2) is 48.8 Å². The number of nitrogens with zero attached hydrogens (tertiary/aromatic N) is 1. The Hall–Kier alpha value is -1.94. The number of para-hydroxylation sites is 1. The second kappa shape index (κ2) is 6.29. The Morgan fingerprint density at radius 3 is 2.53 bits per heavy atom. The summed E-state index contributed by atoms with van der Waals surface area (Å²) in [6.45, 7) is 4.12. The standard InChI is InChI=1S/C15H17N3S/c1-11-5-3-4-6-14(11)18-15(19)17-12(2)13-7-9-16-10-8-13/h3-10,12H,1-2H3,(H2,17,18,19). The van der Waals surface area contributed by atoms with Crippen molar-refractivity contribution in [1.82, 2.24) is 10.3 Å². The molecule has 0 bridgehead atoms. The molecule has 0 aliphatic heterocycles. The normalized spacial score (nSPS) is 11.7. The molecule has 1 atom stereocenters. The van der Waals surface area contributed by atoms with E-state index in [0.29, 0.717) is 5.11 Å². The molecule has 1 aromatic carbocycles. The smallest absolute Gasteiger partial charge is 0.171 e. The molecule has 1 unspecified atom stereocenters. The van der Waals surface area contributed by atoms with Gasteiger partial charge in [-0.25, -0.2) is 0 Å². The summed E-state index contributed by atoms with van der Waals surface area (Å²) in [6.07, 6.45) is 3.57. The minimum atomic E-state index is 0.145. The molecule has 2 aromatic rings. The van der Waals surface area contributed by atoms with Crippen LogP contribution in [-0.2, 0) is 0 Å². The lowest BCUT2D eigenvalue weighted by atomic mass is 10.1. The molecule has 3 nitrogen and oxygen atoms in total. The fraction of sp³-hybridized carbons (Fsp3) is 0.200. The zero-order valence-corrected chi connectivity index (χ0v) is 11.9. The predicted molar refractivity (Wildman–Crippen MR) is 83.2 cm³/mol. The molecule has 98 valence electrons. The molecule has 1 aromatic heterocycles. The van der Waals surface area contributed by atoms with E-state index in [1.165, 1.54) is 5.56 Å². The minimum absolute atomic E-state index is 0.145. The van der Waals surface area contributed by atoms with Gasteiger partial charge in [0.2, 0.25) is 0 Å². The van der Waals surface area contributed by atoms with E-state index in [0.717, 1.165) is 11.3 Å². The lowest BCUT2D eigenvalue weighted by Gasteiger charge is -2.18. The van der Waals surface area contributed by atoms with E-state index in [1.54, 1.807) is 12.4 Å². The van der Waals surface area contributed by atoms with Crippen molar-refractivity contribution >= 4 is 23.0 Å². The Balaban J connectivity index is 1.97. The Morgan fingerprint density at radius 1 is 1.16 bits per heavy atom. The number of nitrogens with one attached hydrogen (secondary N) is 2. The van der Waals surface area contributed by atoms with E-state index in [-0.39, 0.29) is 6.04 Å². The van der Waals surface area contributed by atoms with Crippen LogP contribution in [0.25, 0.3) is 0 Å². The summed E-state index contributed by atoms with van der Waals surface area (Å²) in [5.41, 5.74) is 3.36. The van der Waals surface area contributed by atoms with Crippen LogP contribution in [0.3, 0.4) is 0 Å². The molecule has 0 aliphatic rings. The molecule has 0 aliphatic carbocycles. The first-order valence-electron chi connectivity index (χ1n) is 6.20. The molecule has 19 heavy (non-hydrogen) atoms. The Kier molecular flexibility index (Phi) is 4.47. The van der Waals surface area contributed by atoms with Crippen molar-refractivity contribution in [3.05, 3.63) is 59.9 Å². The molecule has 2 rings (SSSR count). The lowest BCUT2D eigenvalue weighted by molar-refractivity contribution is 0.721. The largest absolute Gasteiger partial charge is 0.356 e. The Bertz CT molecular complexity index is 554. The van der Waals surface area contributed by atoms with Crippen LogP contribution in [0.5, 0.6) is 0 Å². The van der Waals surface area contributed by atoms with Gasteiger partial charge in [-0.2, -0.15) is 0 Å². The molecule has 0 fully saturated rings. The van der Waals surface area contributed by atoms with Crippen molar-refractivity contribution in [2.24, 2.45) is 0 Å². The van der Waals surface area contributed by atoms with Gasteiger partial charge in [0.15, 0.2) is 5.11 Å². The number of benzene rings is 1. The van der Waals surface area contributed by atoms with Gasteiger partial charge in [0.1, 0.15) is 0 Å². The molecular formula is C15H17N3S. The van der Waals surface area contributed by atoms with Crippen molar-refractivity contribution < 1.29 is 0 Å². The van der Waals surface area contributed by atoms with Gasteiger partial charge in [-0.15, -0.1) is 0 Å². The van der Waals surface area contributed by atoms with Crippen LogP contribution in [0.1, 0.15) is 24.1 Å². The van der Waals surface area contributed by atoms with Crippen LogP contribution in [0, 0.1) is 6.92 Å². The second-order valence-electron chi connectivity index (χ2n) is 4.42. The first-order chi connectivity index (χ1) is 9.16. The van der Waals surface area contributed by atoms with Crippen LogP contribution in [0.4, 0.5) is 5.69 Å². The highest BCUT2D eigenvalue weighted by Crippen LogP contribution is 2.14. The van der Waals surface area contributed by atoms with Crippen LogP contribution >= 0.6 is 12.2 Å². The highest BCUT2D eigenvalue weighted by atomic mass is 32.1. The van der Waals surface area contributed by atoms with E-state index in [4.69, 9.17) is 12.2 Å². The first kappa shape index (κ1) is 13.5. The van der Waals surface area contributed by atoms with Gasteiger partial charge in [-0.05, 0) is 55.4 Å². The summed E-state index contributed by atoms with van der Waals surface area (Å²) < 4.78 is 0. The third-order valence-electron chi connectivity index (χ3n) is 2.95. The summed E-state index contributed by atoms with van der Waals surface area (Å²) in [5, 5.41) is 7.10. The maximum Gasteiger partial charge on any atom is 0.171 e. The monoisotopic (exact) mass is 271 g/mol. The maximum absolute atomic E-state index is 5.33. The van der Waals surface area contributed by atoms with Gasteiger partial charge < -0.3 is 10.6 Å². The van der Waals surface area contributed by atoms with Gasteiger partial charge >= 0.3 is 0 Å². The predicted octanol–water partition coefficient (Wildman–Crippen LogP) is 3.44. The van der Waals surface area contributed by atoms with Gasteiger partial charge in [0, 0.05) is 18.1 Å².